The molecule has 0 spiro atoms. The molecule has 0 aromatic carbocycles. The molecule has 0 radical (unpaired) electrons. The normalized spacial score (nSPS) is 19.6. The summed E-state index contributed by atoms with van der Waals surface area (Å²) in [6.07, 6.45) is 0.0897. The van der Waals surface area contributed by atoms with Crippen molar-refractivity contribution in [2.75, 3.05) is 6.61 Å². The van der Waals surface area contributed by atoms with Crippen molar-refractivity contribution in [2.24, 2.45) is 0 Å². The number of alkyl halides is 1. The molecule has 0 heterocycles. The van der Waals surface area contributed by atoms with Gasteiger partial charge in [0.25, 0.3) is 0 Å². The van der Waals surface area contributed by atoms with E-state index in [1.165, 1.54) is 0 Å². The minimum Gasteiger partial charge on any atom is -0.391 e. The van der Waals surface area contributed by atoms with E-state index in [4.69, 9.17) is 9.84 Å². The first-order chi connectivity index (χ1) is 4.48. The predicted octanol–water partition coefficient (Wildman–Crippen LogP) is 0.694. The molecule has 2 unspecified atom stereocenters. The van der Waals surface area contributed by atoms with Gasteiger partial charge in [0.1, 0.15) is 0 Å². The largest absolute Gasteiger partial charge is 0.391 e. The highest BCUT2D eigenvalue weighted by Crippen LogP contribution is 2.15. The molecule has 0 amide bonds. The number of aldehydes is 1. The number of aliphatic hydroxyl groups is 1. The van der Waals surface area contributed by atoms with E-state index in [-0.39, 0.29) is 6.61 Å². The van der Waals surface area contributed by atoms with Crippen molar-refractivity contribution >= 4 is 22.2 Å². The first kappa shape index (κ1) is 10.1. The summed E-state index contributed by atoms with van der Waals surface area (Å²) in [5.41, 5.74) is 0. The van der Waals surface area contributed by atoms with Gasteiger partial charge in [-0.25, -0.2) is 0 Å². The van der Waals surface area contributed by atoms with Crippen molar-refractivity contribution in [1.29, 1.82) is 0 Å². The molecule has 0 rings (SSSR count). The van der Waals surface area contributed by atoms with Crippen LogP contribution in [0.1, 0.15) is 13.8 Å². The molecule has 0 fully saturated rings. The van der Waals surface area contributed by atoms with E-state index in [1.807, 2.05) is 0 Å². The Morgan fingerprint density at radius 2 is 2.40 bits per heavy atom. The fraction of sp³-hybridized carbons (Fsp3) is 0.833. The third-order valence-electron chi connectivity index (χ3n) is 0.817. The average molecular weight is 211 g/mol. The van der Waals surface area contributed by atoms with Crippen molar-refractivity contribution in [3.8, 4) is 0 Å². The Kier molecular flexibility index (Phi) is 4.08. The standard InChI is InChI=1S/C6H11BrO3/c1-5(9)3-10-6(2,7)4-8/h4-5,9H,3H2,1-2H3. The van der Waals surface area contributed by atoms with Gasteiger partial charge in [0.15, 0.2) is 10.8 Å². The predicted molar refractivity (Wildman–Crippen MR) is 41.0 cm³/mol. The number of rotatable bonds is 4. The van der Waals surface area contributed by atoms with Crippen LogP contribution >= 0.6 is 15.9 Å². The monoisotopic (exact) mass is 210 g/mol. The Balaban J connectivity index is 3.56. The highest BCUT2D eigenvalue weighted by molar-refractivity contribution is 9.10. The molecule has 3 nitrogen and oxygen atoms in total. The molecule has 0 aliphatic heterocycles. The zero-order valence-electron chi connectivity index (χ0n) is 6.00. The van der Waals surface area contributed by atoms with E-state index in [9.17, 15) is 4.79 Å². The Morgan fingerprint density at radius 3 is 2.70 bits per heavy atom. The van der Waals surface area contributed by atoms with Crippen LogP contribution in [0.3, 0.4) is 0 Å². The van der Waals surface area contributed by atoms with Crippen LogP contribution in [0.25, 0.3) is 0 Å². The van der Waals surface area contributed by atoms with Crippen molar-refractivity contribution in [1.82, 2.24) is 0 Å². The number of carbonyl (C=O) groups excluding carboxylic acids is 1. The SMILES string of the molecule is CC(O)COC(C)(Br)C=O. The van der Waals surface area contributed by atoms with Gasteiger partial charge in [0.2, 0.25) is 0 Å². The van der Waals surface area contributed by atoms with Gasteiger partial charge >= 0.3 is 0 Å². The molecule has 0 aromatic heterocycles. The van der Waals surface area contributed by atoms with E-state index in [0.717, 1.165) is 0 Å². The minimum atomic E-state index is -0.954. The molecule has 0 aromatic rings. The quantitative estimate of drug-likeness (QED) is 0.549. The molecule has 0 bridgehead atoms. The Hall–Kier alpha value is 0.0700. The smallest absolute Gasteiger partial charge is 0.175 e. The summed E-state index contributed by atoms with van der Waals surface area (Å²) in [4.78, 5) is 10.2. The van der Waals surface area contributed by atoms with Crippen molar-refractivity contribution in [2.45, 2.75) is 24.5 Å². The summed E-state index contributed by atoms with van der Waals surface area (Å²) in [7, 11) is 0. The Morgan fingerprint density at radius 1 is 1.90 bits per heavy atom. The third-order valence-corrected chi connectivity index (χ3v) is 1.23. The van der Waals surface area contributed by atoms with Crippen molar-refractivity contribution < 1.29 is 14.6 Å². The van der Waals surface area contributed by atoms with E-state index in [1.54, 1.807) is 13.8 Å². The number of ether oxygens (including phenoxy) is 1. The first-order valence-electron chi connectivity index (χ1n) is 2.95. The van der Waals surface area contributed by atoms with Crippen LogP contribution in [0.4, 0.5) is 0 Å². The molecule has 0 saturated carbocycles. The van der Waals surface area contributed by atoms with E-state index >= 15 is 0 Å². The summed E-state index contributed by atoms with van der Waals surface area (Å²) < 4.78 is 3.98. The van der Waals surface area contributed by atoms with Crippen LogP contribution < -0.4 is 0 Å². The Labute approximate surface area is 68.5 Å². The van der Waals surface area contributed by atoms with E-state index in [2.05, 4.69) is 15.9 Å². The summed E-state index contributed by atoms with van der Waals surface area (Å²) in [6, 6.07) is 0. The molecule has 60 valence electrons. The molecule has 2 atom stereocenters. The maximum atomic E-state index is 10.2. The molecule has 4 heteroatoms. The average Bonchev–Trinajstić information content (AvgIpc) is 1.85. The van der Waals surface area contributed by atoms with Gasteiger partial charge in [-0.2, -0.15) is 0 Å². The van der Waals surface area contributed by atoms with Crippen LogP contribution in [-0.4, -0.2) is 28.6 Å². The molecular formula is C6H11BrO3. The van der Waals surface area contributed by atoms with Gasteiger partial charge in [-0.3, -0.25) is 4.79 Å². The second-order valence-electron chi connectivity index (χ2n) is 2.26. The molecular weight excluding hydrogens is 200 g/mol. The maximum Gasteiger partial charge on any atom is 0.175 e. The molecule has 0 aliphatic rings. The number of hydrogen-bond acceptors (Lipinski definition) is 3. The van der Waals surface area contributed by atoms with Crippen LogP contribution in [0.15, 0.2) is 0 Å². The summed E-state index contributed by atoms with van der Waals surface area (Å²) in [6.45, 7) is 3.32. The molecule has 10 heavy (non-hydrogen) atoms. The lowest BCUT2D eigenvalue weighted by Gasteiger charge is -2.16. The van der Waals surface area contributed by atoms with Crippen molar-refractivity contribution in [3.63, 3.8) is 0 Å². The second kappa shape index (κ2) is 4.05. The topological polar surface area (TPSA) is 46.5 Å². The van der Waals surface area contributed by atoms with Gasteiger partial charge in [0.05, 0.1) is 12.7 Å². The van der Waals surface area contributed by atoms with Gasteiger partial charge < -0.3 is 9.84 Å². The van der Waals surface area contributed by atoms with Crippen molar-refractivity contribution in [3.05, 3.63) is 0 Å². The van der Waals surface area contributed by atoms with Gasteiger partial charge in [-0.15, -0.1) is 0 Å². The van der Waals surface area contributed by atoms with Crippen LogP contribution in [0.2, 0.25) is 0 Å². The third kappa shape index (κ3) is 4.90. The number of halogens is 1. The zero-order chi connectivity index (χ0) is 8.20. The zero-order valence-corrected chi connectivity index (χ0v) is 7.59. The fourth-order valence-electron chi connectivity index (χ4n) is 0.318. The van der Waals surface area contributed by atoms with Gasteiger partial charge in [0, 0.05) is 0 Å². The number of carbonyl (C=O) groups is 1. The fourth-order valence-corrected chi connectivity index (χ4v) is 0.450. The van der Waals surface area contributed by atoms with Crippen LogP contribution in [-0.2, 0) is 9.53 Å². The number of hydrogen-bond donors (Lipinski definition) is 1. The van der Waals surface area contributed by atoms with E-state index < -0.39 is 10.6 Å². The summed E-state index contributed by atoms with van der Waals surface area (Å²) in [5.74, 6) is 0. The molecule has 1 N–H and O–H groups in total. The van der Waals surface area contributed by atoms with Crippen LogP contribution in [0.5, 0.6) is 0 Å². The lowest BCUT2D eigenvalue weighted by Crippen LogP contribution is -2.26. The summed E-state index contributed by atoms with van der Waals surface area (Å²) >= 11 is 3.01. The number of aliphatic hydroxyl groups excluding tert-OH is 1. The Bertz CT molecular complexity index is 112. The van der Waals surface area contributed by atoms with Gasteiger partial charge in [-0.05, 0) is 29.8 Å². The molecule has 0 saturated heterocycles. The maximum absolute atomic E-state index is 10.2. The molecule has 0 aliphatic carbocycles. The summed E-state index contributed by atoms with van der Waals surface area (Å²) in [5, 5.41) is 8.75. The second-order valence-corrected chi connectivity index (χ2v) is 3.84. The van der Waals surface area contributed by atoms with Gasteiger partial charge in [-0.1, -0.05) is 0 Å². The highest BCUT2D eigenvalue weighted by Gasteiger charge is 2.19. The highest BCUT2D eigenvalue weighted by atomic mass is 79.9. The lowest BCUT2D eigenvalue weighted by atomic mass is 10.4. The first-order valence-corrected chi connectivity index (χ1v) is 3.74. The van der Waals surface area contributed by atoms with Crippen LogP contribution in [0, 0.1) is 0 Å². The van der Waals surface area contributed by atoms with E-state index in [0.29, 0.717) is 6.29 Å². The minimum absolute atomic E-state index is 0.153. The lowest BCUT2D eigenvalue weighted by molar-refractivity contribution is -0.121.